The summed E-state index contributed by atoms with van der Waals surface area (Å²) in [6.07, 6.45) is 1.33. The van der Waals surface area contributed by atoms with Gasteiger partial charge in [-0.05, 0) is 60.9 Å². The van der Waals surface area contributed by atoms with Crippen LogP contribution in [-0.4, -0.2) is 50.5 Å². The maximum Gasteiger partial charge on any atom is 0.244 e. The SMILES string of the molecule is CCNC(=O)[C@H](CC)N(Cc1ccc(F)cc1)C(=O)CN(c1ccc(OCc2ccccc2)cc1)S(C)(=O)=O. The minimum absolute atomic E-state index is 0.0125. The van der Waals surface area contributed by atoms with Gasteiger partial charge in [-0.25, -0.2) is 12.8 Å². The molecule has 0 fully saturated rings. The number of carbonyl (C=O) groups is 2. The maximum atomic E-state index is 13.6. The summed E-state index contributed by atoms with van der Waals surface area (Å²) in [6.45, 7) is 3.77. The van der Waals surface area contributed by atoms with Gasteiger partial charge in [0, 0.05) is 13.1 Å². The Balaban J connectivity index is 1.83. The number of hydrogen-bond acceptors (Lipinski definition) is 5. The molecule has 2 amide bonds. The molecule has 0 aliphatic heterocycles. The number of benzene rings is 3. The van der Waals surface area contributed by atoms with Crippen LogP contribution in [0, 0.1) is 5.82 Å². The summed E-state index contributed by atoms with van der Waals surface area (Å²) in [5, 5.41) is 2.73. The van der Waals surface area contributed by atoms with E-state index in [-0.39, 0.29) is 18.1 Å². The van der Waals surface area contributed by atoms with E-state index in [9.17, 15) is 22.4 Å². The molecular weight excluding hydrogens is 521 g/mol. The van der Waals surface area contributed by atoms with Crippen LogP contribution in [0.15, 0.2) is 78.9 Å². The molecule has 0 radical (unpaired) electrons. The smallest absolute Gasteiger partial charge is 0.244 e. The molecule has 0 unspecified atom stereocenters. The second-order valence-electron chi connectivity index (χ2n) is 9.00. The van der Waals surface area contributed by atoms with E-state index in [1.807, 2.05) is 30.3 Å². The normalized spacial score (nSPS) is 11.9. The summed E-state index contributed by atoms with van der Waals surface area (Å²) in [5.41, 5.74) is 1.88. The van der Waals surface area contributed by atoms with Gasteiger partial charge < -0.3 is 15.0 Å². The van der Waals surface area contributed by atoms with E-state index in [0.29, 0.717) is 30.9 Å². The first-order chi connectivity index (χ1) is 18.6. The van der Waals surface area contributed by atoms with Gasteiger partial charge in [0.2, 0.25) is 21.8 Å². The number of anilines is 1. The van der Waals surface area contributed by atoms with E-state index < -0.39 is 34.3 Å². The fourth-order valence-corrected chi connectivity index (χ4v) is 4.91. The average Bonchev–Trinajstić information content (AvgIpc) is 2.92. The zero-order valence-electron chi connectivity index (χ0n) is 22.3. The third-order valence-corrected chi connectivity index (χ3v) is 7.20. The summed E-state index contributed by atoms with van der Waals surface area (Å²) in [7, 11) is -3.86. The third kappa shape index (κ3) is 8.54. The molecule has 0 aliphatic rings. The molecule has 0 heterocycles. The Kier molecular flexibility index (Phi) is 10.4. The van der Waals surface area contributed by atoms with Crippen LogP contribution in [0.3, 0.4) is 0 Å². The lowest BCUT2D eigenvalue weighted by atomic mass is 10.1. The minimum Gasteiger partial charge on any atom is -0.489 e. The molecule has 0 aliphatic carbocycles. The van der Waals surface area contributed by atoms with Gasteiger partial charge in [0.1, 0.15) is 30.8 Å². The standard InChI is InChI=1S/C29H34FN3O5S/c1-4-27(29(35)31-5-2)32(19-22-11-13-24(30)14-12-22)28(34)20-33(39(3,36)37)25-15-17-26(18-16-25)38-21-23-9-7-6-8-10-23/h6-18,27H,4-5,19-21H2,1-3H3,(H,31,35)/t27-/m0/s1. The van der Waals surface area contributed by atoms with E-state index in [1.54, 1.807) is 38.1 Å². The van der Waals surface area contributed by atoms with Gasteiger partial charge in [-0.1, -0.05) is 49.4 Å². The van der Waals surface area contributed by atoms with Gasteiger partial charge in [-0.3, -0.25) is 13.9 Å². The quantitative estimate of drug-likeness (QED) is 0.343. The number of likely N-dealkylation sites (N-methyl/N-ethyl adjacent to an activating group) is 1. The Morgan fingerprint density at radius 1 is 0.923 bits per heavy atom. The summed E-state index contributed by atoms with van der Waals surface area (Å²) in [5.74, 6) is -0.789. The van der Waals surface area contributed by atoms with Crippen molar-refractivity contribution in [2.24, 2.45) is 0 Å². The number of nitrogens with one attached hydrogen (secondary N) is 1. The van der Waals surface area contributed by atoms with Crippen molar-refractivity contribution < 1.29 is 27.1 Å². The van der Waals surface area contributed by atoms with Crippen LogP contribution in [0.25, 0.3) is 0 Å². The second kappa shape index (κ2) is 13.7. The second-order valence-corrected chi connectivity index (χ2v) is 10.9. The summed E-state index contributed by atoms with van der Waals surface area (Å²) in [6, 6.07) is 20.8. The molecule has 208 valence electrons. The lowest BCUT2D eigenvalue weighted by Crippen LogP contribution is -2.52. The van der Waals surface area contributed by atoms with E-state index in [2.05, 4.69) is 5.32 Å². The van der Waals surface area contributed by atoms with Crippen LogP contribution in [0.5, 0.6) is 5.75 Å². The Bertz CT molecular complexity index is 1330. The highest BCUT2D eigenvalue weighted by molar-refractivity contribution is 7.92. The van der Waals surface area contributed by atoms with Crippen molar-refractivity contribution in [3.63, 3.8) is 0 Å². The van der Waals surface area contributed by atoms with E-state index in [4.69, 9.17) is 4.74 Å². The summed E-state index contributed by atoms with van der Waals surface area (Å²) >= 11 is 0. The zero-order chi connectivity index (χ0) is 28.4. The van der Waals surface area contributed by atoms with Crippen molar-refractivity contribution in [2.75, 3.05) is 23.7 Å². The number of ether oxygens (including phenoxy) is 1. The van der Waals surface area contributed by atoms with Crippen molar-refractivity contribution in [1.82, 2.24) is 10.2 Å². The fourth-order valence-electron chi connectivity index (χ4n) is 4.06. The van der Waals surface area contributed by atoms with Gasteiger partial charge in [-0.2, -0.15) is 0 Å². The van der Waals surface area contributed by atoms with E-state index >= 15 is 0 Å². The molecule has 0 aromatic heterocycles. The molecule has 3 aromatic rings. The van der Waals surface area contributed by atoms with Crippen LogP contribution in [0.1, 0.15) is 31.4 Å². The molecule has 1 atom stereocenters. The molecule has 3 aromatic carbocycles. The number of rotatable bonds is 13. The summed E-state index contributed by atoms with van der Waals surface area (Å²) in [4.78, 5) is 27.8. The third-order valence-electron chi connectivity index (χ3n) is 6.06. The number of amides is 2. The zero-order valence-corrected chi connectivity index (χ0v) is 23.2. The Morgan fingerprint density at radius 2 is 1.56 bits per heavy atom. The van der Waals surface area contributed by atoms with Gasteiger partial charge in [0.25, 0.3) is 0 Å². The number of sulfonamides is 1. The molecule has 10 heteroatoms. The molecule has 0 saturated carbocycles. The molecule has 8 nitrogen and oxygen atoms in total. The molecule has 1 N–H and O–H groups in total. The van der Waals surface area contributed by atoms with Crippen molar-refractivity contribution in [2.45, 2.75) is 39.5 Å². The molecule has 0 saturated heterocycles. The first-order valence-electron chi connectivity index (χ1n) is 12.7. The van der Waals surface area contributed by atoms with Crippen LogP contribution < -0.4 is 14.4 Å². The Morgan fingerprint density at radius 3 is 2.13 bits per heavy atom. The van der Waals surface area contributed by atoms with Crippen molar-refractivity contribution >= 4 is 27.5 Å². The molecule has 39 heavy (non-hydrogen) atoms. The van der Waals surface area contributed by atoms with E-state index in [1.165, 1.54) is 29.2 Å². The largest absolute Gasteiger partial charge is 0.489 e. The first-order valence-corrected chi connectivity index (χ1v) is 14.5. The topological polar surface area (TPSA) is 96.0 Å². The monoisotopic (exact) mass is 555 g/mol. The molecule has 0 spiro atoms. The van der Waals surface area contributed by atoms with Crippen LogP contribution in [0.4, 0.5) is 10.1 Å². The fraction of sp³-hybridized carbons (Fsp3) is 0.310. The average molecular weight is 556 g/mol. The molecular formula is C29H34FN3O5S. The van der Waals surface area contributed by atoms with E-state index in [0.717, 1.165) is 16.1 Å². The van der Waals surface area contributed by atoms with Gasteiger partial charge in [-0.15, -0.1) is 0 Å². The minimum atomic E-state index is -3.86. The first kappa shape index (κ1) is 29.6. The predicted octanol–water partition coefficient (Wildman–Crippen LogP) is 4.11. The highest BCUT2D eigenvalue weighted by Gasteiger charge is 2.31. The highest BCUT2D eigenvalue weighted by atomic mass is 32.2. The lowest BCUT2D eigenvalue weighted by Gasteiger charge is -2.32. The lowest BCUT2D eigenvalue weighted by molar-refractivity contribution is -0.140. The van der Waals surface area contributed by atoms with Gasteiger partial charge >= 0.3 is 0 Å². The number of hydrogen-bond donors (Lipinski definition) is 1. The number of carbonyl (C=O) groups excluding carboxylic acids is 2. The highest BCUT2D eigenvalue weighted by Crippen LogP contribution is 2.23. The van der Waals surface area contributed by atoms with Crippen molar-refractivity contribution in [3.8, 4) is 5.75 Å². The number of nitrogens with zero attached hydrogens (tertiary/aromatic N) is 2. The Labute approximate surface area is 229 Å². The van der Waals surface area contributed by atoms with Gasteiger partial charge in [0.15, 0.2) is 0 Å². The van der Waals surface area contributed by atoms with Crippen LogP contribution >= 0.6 is 0 Å². The maximum absolute atomic E-state index is 13.6. The number of halogens is 1. The summed E-state index contributed by atoms with van der Waals surface area (Å²) < 4.78 is 45.8. The predicted molar refractivity (Wildman–Crippen MR) is 149 cm³/mol. The van der Waals surface area contributed by atoms with Crippen LogP contribution in [-0.2, 0) is 32.8 Å². The van der Waals surface area contributed by atoms with Crippen LogP contribution in [0.2, 0.25) is 0 Å². The Hall–Kier alpha value is -3.92. The van der Waals surface area contributed by atoms with Crippen molar-refractivity contribution in [1.29, 1.82) is 0 Å². The van der Waals surface area contributed by atoms with Gasteiger partial charge in [0.05, 0.1) is 11.9 Å². The van der Waals surface area contributed by atoms with Crippen molar-refractivity contribution in [3.05, 3.63) is 95.8 Å². The molecule has 3 rings (SSSR count). The molecule has 0 bridgehead atoms.